The first kappa shape index (κ1) is 24.9. The van der Waals surface area contributed by atoms with Crippen LogP contribution in [0, 0.1) is 5.41 Å². The Balaban J connectivity index is 1.43. The molecule has 11 nitrogen and oxygen atoms in total. The third-order valence-corrected chi connectivity index (χ3v) is 6.38. The van der Waals surface area contributed by atoms with Crippen LogP contribution in [0.1, 0.15) is 21.6 Å². The van der Waals surface area contributed by atoms with E-state index in [0.717, 1.165) is 10.9 Å². The van der Waals surface area contributed by atoms with Crippen LogP contribution in [0.25, 0.3) is 22.0 Å². The third-order valence-electron chi connectivity index (χ3n) is 6.38. The second kappa shape index (κ2) is 10.3. The molecule has 0 unspecified atom stereocenters. The van der Waals surface area contributed by atoms with Gasteiger partial charge in [0.2, 0.25) is 0 Å². The molecule has 11 heteroatoms. The molecule has 5 rings (SSSR count). The molecule has 0 spiro atoms. The number of morpholine rings is 1. The first-order chi connectivity index (χ1) is 18.3. The van der Waals surface area contributed by atoms with Crippen molar-refractivity contribution in [2.75, 3.05) is 51.4 Å². The molecule has 1 fully saturated rings. The molecule has 38 heavy (non-hydrogen) atoms. The Morgan fingerprint density at radius 2 is 1.84 bits per heavy atom. The molecule has 194 valence electrons. The molecule has 4 heterocycles. The summed E-state index contributed by atoms with van der Waals surface area (Å²) in [5.41, 5.74) is 10.5. The van der Waals surface area contributed by atoms with Gasteiger partial charge in [0.15, 0.2) is 0 Å². The Morgan fingerprint density at radius 3 is 2.61 bits per heavy atom. The van der Waals surface area contributed by atoms with Crippen LogP contribution in [0.5, 0.6) is 0 Å². The number of ether oxygens (including phenoxy) is 1. The van der Waals surface area contributed by atoms with Crippen molar-refractivity contribution in [3.05, 3.63) is 71.8 Å². The number of urea groups is 1. The van der Waals surface area contributed by atoms with E-state index < -0.39 is 0 Å². The predicted octanol–water partition coefficient (Wildman–Crippen LogP) is 3.19. The lowest BCUT2D eigenvalue weighted by atomic mass is 10.0. The maximum atomic E-state index is 12.6. The summed E-state index contributed by atoms with van der Waals surface area (Å²) < 4.78 is 5.30. The van der Waals surface area contributed by atoms with E-state index in [-0.39, 0.29) is 23.5 Å². The zero-order valence-electron chi connectivity index (χ0n) is 21.1. The van der Waals surface area contributed by atoms with E-state index in [9.17, 15) is 9.59 Å². The van der Waals surface area contributed by atoms with Crippen molar-refractivity contribution >= 4 is 40.1 Å². The average Bonchev–Trinajstić information content (AvgIpc) is 3.38. The number of nitrogens with zero attached hydrogens (tertiary/aromatic N) is 4. The van der Waals surface area contributed by atoms with E-state index in [4.69, 9.17) is 15.9 Å². The monoisotopic (exact) mass is 512 g/mol. The van der Waals surface area contributed by atoms with Gasteiger partial charge >= 0.3 is 6.03 Å². The van der Waals surface area contributed by atoms with Crippen LogP contribution in [-0.4, -0.2) is 82.8 Å². The summed E-state index contributed by atoms with van der Waals surface area (Å²) in [5.74, 6) is 0.0793. The third kappa shape index (κ3) is 4.91. The maximum absolute atomic E-state index is 12.6. The van der Waals surface area contributed by atoms with Crippen LogP contribution < -0.4 is 11.1 Å². The minimum absolute atomic E-state index is 0.121. The van der Waals surface area contributed by atoms with Crippen molar-refractivity contribution in [1.82, 2.24) is 24.8 Å². The van der Waals surface area contributed by atoms with Gasteiger partial charge in [-0.3, -0.25) is 15.2 Å². The van der Waals surface area contributed by atoms with E-state index >= 15 is 0 Å². The van der Waals surface area contributed by atoms with Gasteiger partial charge in [0.25, 0.3) is 5.91 Å². The van der Waals surface area contributed by atoms with Crippen molar-refractivity contribution < 1.29 is 14.3 Å². The fraction of sp³-hybridized carbons (Fsp3) is 0.222. The number of benzene rings is 1. The highest BCUT2D eigenvalue weighted by atomic mass is 16.5. The SMILES string of the molecule is CN(C)C(=O)c1cccc2[nH]c(C(=N)c3cc(-c4cncc(NC(=O)N5CCOCC5)c4)cnc3N)cc12. The van der Waals surface area contributed by atoms with Gasteiger partial charge in [0.1, 0.15) is 5.82 Å². The molecule has 1 aromatic carbocycles. The molecule has 1 aliphatic heterocycles. The number of H-pyrrole nitrogens is 1. The molecule has 0 saturated carbocycles. The van der Waals surface area contributed by atoms with E-state index in [1.807, 2.05) is 6.07 Å². The number of carbonyl (C=O) groups excluding carboxylic acids is 2. The first-order valence-electron chi connectivity index (χ1n) is 12.1. The smallest absolute Gasteiger partial charge is 0.322 e. The predicted molar refractivity (Wildman–Crippen MR) is 146 cm³/mol. The fourth-order valence-corrected chi connectivity index (χ4v) is 4.33. The zero-order valence-corrected chi connectivity index (χ0v) is 21.1. The van der Waals surface area contributed by atoms with Crippen molar-refractivity contribution in [2.24, 2.45) is 0 Å². The molecule has 1 saturated heterocycles. The molecule has 0 radical (unpaired) electrons. The Labute approximate surface area is 219 Å². The molecule has 1 aliphatic rings. The molecular formula is C27H28N8O3. The summed E-state index contributed by atoms with van der Waals surface area (Å²) in [6.45, 7) is 2.10. The maximum Gasteiger partial charge on any atom is 0.322 e. The van der Waals surface area contributed by atoms with Crippen LogP contribution in [0.3, 0.4) is 0 Å². The summed E-state index contributed by atoms with van der Waals surface area (Å²) in [4.78, 5) is 40.2. The quantitative estimate of drug-likeness (QED) is 0.301. The summed E-state index contributed by atoms with van der Waals surface area (Å²) in [7, 11) is 3.40. The van der Waals surface area contributed by atoms with E-state index in [0.29, 0.717) is 59.9 Å². The summed E-state index contributed by atoms with van der Waals surface area (Å²) in [6, 6.07) is 10.6. The first-order valence-corrected chi connectivity index (χ1v) is 12.1. The van der Waals surface area contributed by atoms with E-state index in [2.05, 4.69) is 20.3 Å². The number of hydrogen-bond acceptors (Lipinski definition) is 7. The van der Waals surface area contributed by atoms with Gasteiger partial charge in [0, 0.05) is 72.7 Å². The number of carbonyl (C=O) groups is 2. The lowest BCUT2D eigenvalue weighted by Gasteiger charge is -2.26. The van der Waals surface area contributed by atoms with Crippen molar-refractivity contribution in [1.29, 1.82) is 5.41 Å². The summed E-state index contributed by atoms with van der Waals surface area (Å²) in [5, 5.41) is 12.5. The second-order valence-electron chi connectivity index (χ2n) is 9.17. The van der Waals surface area contributed by atoms with Gasteiger partial charge in [-0.25, -0.2) is 9.78 Å². The zero-order chi connectivity index (χ0) is 26.8. The lowest BCUT2D eigenvalue weighted by molar-refractivity contribution is 0.0564. The van der Waals surface area contributed by atoms with Crippen LogP contribution in [-0.2, 0) is 4.74 Å². The highest BCUT2D eigenvalue weighted by Gasteiger charge is 2.19. The van der Waals surface area contributed by atoms with Crippen LogP contribution in [0.2, 0.25) is 0 Å². The standard InChI is InChI=1S/C27H28N8O3/c1-34(2)26(36)19-4-3-5-22-20(19)12-23(33-22)24(28)21-11-17(14-31-25(21)29)16-10-18(15-30-13-16)32-27(37)35-6-8-38-9-7-35/h3-5,10-15,28,33H,6-9H2,1-2H3,(H2,29,31)(H,32,37). The number of aromatic amines is 1. The Morgan fingerprint density at radius 1 is 1.08 bits per heavy atom. The highest BCUT2D eigenvalue weighted by Crippen LogP contribution is 2.27. The van der Waals surface area contributed by atoms with Gasteiger partial charge in [-0.15, -0.1) is 0 Å². The number of amides is 3. The molecule has 0 aliphatic carbocycles. The normalized spacial score (nSPS) is 13.4. The van der Waals surface area contributed by atoms with Gasteiger partial charge in [-0.2, -0.15) is 0 Å². The minimum Gasteiger partial charge on any atom is -0.383 e. The molecule has 5 N–H and O–H groups in total. The number of rotatable bonds is 5. The number of fused-ring (bicyclic) bond motifs is 1. The Hall–Kier alpha value is -4.77. The number of hydrogen-bond donors (Lipinski definition) is 4. The number of nitrogens with one attached hydrogen (secondary N) is 3. The number of anilines is 2. The van der Waals surface area contributed by atoms with Gasteiger partial charge < -0.3 is 30.6 Å². The summed E-state index contributed by atoms with van der Waals surface area (Å²) in [6.07, 6.45) is 4.84. The van der Waals surface area contributed by atoms with Crippen molar-refractivity contribution in [3.8, 4) is 11.1 Å². The second-order valence-corrected chi connectivity index (χ2v) is 9.17. The van der Waals surface area contributed by atoms with Crippen molar-refractivity contribution in [3.63, 3.8) is 0 Å². The fourth-order valence-electron chi connectivity index (χ4n) is 4.33. The van der Waals surface area contributed by atoms with E-state index in [1.54, 1.807) is 67.9 Å². The summed E-state index contributed by atoms with van der Waals surface area (Å²) >= 11 is 0. The lowest BCUT2D eigenvalue weighted by Crippen LogP contribution is -2.43. The van der Waals surface area contributed by atoms with E-state index in [1.165, 1.54) is 4.90 Å². The highest BCUT2D eigenvalue weighted by molar-refractivity contribution is 6.16. The van der Waals surface area contributed by atoms with Gasteiger partial charge in [0.05, 0.1) is 36.5 Å². The van der Waals surface area contributed by atoms with Crippen LogP contribution >= 0.6 is 0 Å². The number of pyridine rings is 2. The minimum atomic E-state index is -0.212. The van der Waals surface area contributed by atoms with Gasteiger partial charge in [-0.05, 0) is 30.3 Å². The molecule has 3 aromatic heterocycles. The number of nitrogens with two attached hydrogens (primary N) is 1. The molecule has 4 aromatic rings. The topological polar surface area (TPSA) is 153 Å². The average molecular weight is 513 g/mol. The largest absolute Gasteiger partial charge is 0.383 e. The van der Waals surface area contributed by atoms with Crippen molar-refractivity contribution in [2.45, 2.75) is 0 Å². The van der Waals surface area contributed by atoms with Gasteiger partial charge in [-0.1, -0.05) is 6.07 Å². The molecular weight excluding hydrogens is 484 g/mol. The van der Waals surface area contributed by atoms with Crippen LogP contribution in [0.4, 0.5) is 16.3 Å². The Bertz CT molecular complexity index is 1540. The molecule has 0 bridgehead atoms. The number of nitrogen functional groups attached to an aromatic ring is 1. The number of aromatic nitrogens is 3. The Kier molecular flexibility index (Phi) is 6.75. The molecule has 0 atom stereocenters. The van der Waals surface area contributed by atoms with Crippen LogP contribution in [0.15, 0.2) is 55.0 Å². The molecule has 3 amide bonds.